The molecule has 0 radical (unpaired) electrons. The van der Waals surface area contributed by atoms with Crippen LogP contribution in [0.2, 0.25) is 0 Å². The largest absolute Gasteiger partial charge is 0.311 e. The molecule has 5 nitrogen and oxygen atoms in total. The van der Waals surface area contributed by atoms with Gasteiger partial charge >= 0.3 is 0 Å². The third-order valence-electron chi connectivity index (χ3n) is 21.6. The first-order chi connectivity index (χ1) is 56.5. The second-order valence-corrected chi connectivity index (χ2v) is 32.5. The third-order valence-corrected chi connectivity index (χ3v) is 21.6. The van der Waals surface area contributed by atoms with Crippen LogP contribution in [-0.4, -0.2) is 15.8 Å². The molecule has 2 aromatic heterocycles. The van der Waals surface area contributed by atoms with Gasteiger partial charge in [-0.05, 0) is 204 Å². The minimum Gasteiger partial charge on any atom is -0.311 e. The second-order valence-electron chi connectivity index (χ2n) is 32.5. The van der Waals surface area contributed by atoms with Gasteiger partial charge < -0.3 is 23.8 Å². The average Bonchev–Trinajstić information content (AvgIpc) is 0.828. The molecule has 0 aliphatic carbocycles. The molecular weight excluding hydrogens is 1280 g/mol. The maximum atomic E-state index is 9.92. The summed E-state index contributed by atoms with van der Waals surface area (Å²) >= 11 is 0. The normalized spacial score (nSPS) is 14.8. The first-order valence-corrected chi connectivity index (χ1v) is 36.6. The zero-order valence-corrected chi connectivity index (χ0v) is 61.8. The summed E-state index contributed by atoms with van der Waals surface area (Å²) < 4.78 is 124. The molecule has 0 bridgehead atoms. The van der Waals surface area contributed by atoms with Crippen LogP contribution in [0.25, 0.3) is 88.4 Å². The number of aromatic nitrogens is 2. The molecule has 0 N–H and O–H groups in total. The standard InChI is InChI=1S/C100H88BN5/c1-97(2,3)68-45-55-89-82(57-68)83-58-69(98(4,5)6)46-56-90(83)104(89)76-52-54-85-92(64-76)106(96-80(66-33-19-14-20-34-66)59-70(99(7,8)9)60-81(96)67-35-21-15-22-36-67)94-62-71(100(10,11)12)61-93-95(94)101(85)84-53-51-75(63-91(84)105(93)86-42-28-25-39-77(86)65-31-17-13-18-32-65)102(72-37-23-16-24-38-72)73-47-49-74(50-48-73)103-87-43-29-26-40-78(87)79-41-27-30-44-88(79)103/h13-64H,1-12H3/i16D,23D,24D,26D,27D,29D,30D,37D,38D,40D,41D,43D,44D. The lowest BCUT2D eigenvalue weighted by Crippen LogP contribution is -2.61. The van der Waals surface area contributed by atoms with Crippen LogP contribution in [0.1, 0.15) is 123 Å². The minimum atomic E-state index is -0.580. The molecule has 6 heteroatoms. The summed E-state index contributed by atoms with van der Waals surface area (Å²) in [5, 5.41) is 2.16. The van der Waals surface area contributed by atoms with Gasteiger partial charge in [0.2, 0.25) is 0 Å². The van der Waals surface area contributed by atoms with Crippen molar-refractivity contribution in [3.05, 3.63) is 337 Å². The van der Waals surface area contributed by atoms with Crippen molar-refractivity contribution in [2.75, 3.05) is 14.7 Å². The number of para-hydroxylation sites is 4. The van der Waals surface area contributed by atoms with E-state index >= 15 is 0 Å². The van der Waals surface area contributed by atoms with E-state index in [1.54, 1.807) is 29.2 Å². The van der Waals surface area contributed by atoms with Crippen LogP contribution in [0.15, 0.2) is 315 Å². The fraction of sp³-hybridized carbons (Fsp3) is 0.160. The van der Waals surface area contributed by atoms with Crippen LogP contribution in [0, 0.1) is 0 Å². The van der Waals surface area contributed by atoms with Gasteiger partial charge in [-0.3, -0.25) is 0 Å². The summed E-state index contributed by atoms with van der Waals surface area (Å²) in [6.45, 7) is 26.7. The van der Waals surface area contributed by atoms with Gasteiger partial charge in [0.05, 0.1) is 51.3 Å². The summed E-state index contributed by atoms with van der Waals surface area (Å²) in [5.41, 5.74) is 21.9. The number of hydrogen-bond donors (Lipinski definition) is 0. The molecule has 14 aromatic carbocycles. The van der Waals surface area contributed by atoms with Gasteiger partial charge in [0.25, 0.3) is 6.71 Å². The Hall–Kier alpha value is -11.9. The van der Waals surface area contributed by atoms with Crippen LogP contribution in [-0.2, 0) is 21.7 Å². The molecule has 0 amide bonds. The molecule has 2 aliphatic heterocycles. The SMILES string of the molecule is [2H]c1c([2H])c([2H])c(N(c2ccc(-n3c4c([2H])c([2H])c([2H])c([2H])c4c4c([2H])c([2H])c([2H])c([2H])c43)cc2)c2ccc3c(c2)N(c2ccccc2-c2ccccc2)c2cc(C(C)(C)C)cc4c2B3c2ccc(-n3c5ccc(C(C)(C)C)cc5c5cc(C(C)(C)C)ccc53)cc2N4c2c(-c3ccccc3)cc(C(C)(C)C)cc2-c2ccccc2)c([2H])c1[2H]. The van der Waals surface area contributed by atoms with Gasteiger partial charge in [-0.25, -0.2) is 0 Å². The van der Waals surface area contributed by atoms with Crippen LogP contribution >= 0.6 is 0 Å². The first-order valence-electron chi connectivity index (χ1n) is 43.1. The number of hydrogen-bond acceptors (Lipinski definition) is 3. The van der Waals surface area contributed by atoms with Crippen molar-refractivity contribution in [3.8, 4) is 44.8 Å². The smallest absolute Gasteiger partial charge is 0.252 e. The maximum Gasteiger partial charge on any atom is 0.252 e. The molecule has 16 aromatic rings. The van der Waals surface area contributed by atoms with Crippen LogP contribution in [0.3, 0.4) is 0 Å². The van der Waals surface area contributed by atoms with Crippen LogP contribution in [0.4, 0.5) is 51.2 Å². The summed E-state index contributed by atoms with van der Waals surface area (Å²) in [6, 6.07) is 77.0. The highest BCUT2D eigenvalue weighted by Crippen LogP contribution is 2.55. The highest BCUT2D eigenvalue weighted by atomic mass is 15.2. The van der Waals surface area contributed by atoms with E-state index in [0.717, 1.165) is 117 Å². The highest BCUT2D eigenvalue weighted by Gasteiger charge is 2.46. The Balaban J connectivity index is 0.968. The molecule has 106 heavy (non-hydrogen) atoms. The lowest BCUT2D eigenvalue weighted by molar-refractivity contribution is 0.590. The van der Waals surface area contributed by atoms with E-state index in [2.05, 4.69) is 286 Å². The van der Waals surface area contributed by atoms with Gasteiger partial charge in [0.15, 0.2) is 0 Å². The van der Waals surface area contributed by atoms with Gasteiger partial charge in [-0.2, -0.15) is 0 Å². The van der Waals surface area contributed by atoms with Crippen LogP contribution in [0.5, 0.6) is 0 Å². The average molecular weight is 1380 g/mol. The highest BCUT2D eigenvalue weighted by molar-refractivity contribution is 7.00. The molecule has 0 saturated heterocycles. The van der Waals surface area contributed by atoms with E-state index < -0.39 is 90.7 Å². The molecule has 516 valence electrons. The molecule has 0 fully saturated rings. The summed E-state index contributed by atoms with van der Waals surface area (Å²) in [4.78, 5) is 6.62. The number of anilines is 9. The van der Waals surface area contributed by atoms with Gasteiger partial charge in [0.1, 0.15) is 0 Å². The quantitative estimate of drug-likeness (QED) is 0.127. The molecule has 0 unspecified atom stereocenters. The minimum absolute atomic E-state index is 0.0664. The van der Waals surface area contributed by atoms with Gasteiger partial charge in [-0.15, -0.1) is 0 Å². The molecule has 0 atom stereocenters. The van der Waals surface area contributed by atoms with E-state index in [-0.39, 0.29) is 49.4 Å². The van der Waals surface area contributed by atoms with Crippen molar-refractivity contribution in [1.29, 1.82) is 0 Å². The predicted octanol–water partition coefficient (Wildman–Crippen LogP) is 25.6. The molecule has 4 heterocycles. The summed E-state index contributed by atoms with van der Waals surface area (Å²) in [5.74, 6) is 0. The van der Waals surface area contributed by atoms with E-state index in [1.807, 2.05) is 24.3 Å². The molecular formula is C100H88BN5. The lowest BCUT2D eigenvalue weighted by Gasteiger charge is -2.46. The Labute approximate surface area is 643 Å². The van der Waals surface area contributed by atoms with Crippen molar-refractivity contribution in [1.82, 2.24) is 9.13 Å². The van der Waals surface area contributed by atoms with Crippen molar-refractivity contribution in [3.63, 3.8) is 0 Å². The Kier molecular flexibility index (Phi) is 12.5. The molecule has 2 aliphatic rings. The zero-order chi connectivity index (χ0) is 84.0. The van der Waals surface area contributed by atoms with Crippen LogP contribution < -0.4 is 31.1 Å². The predicted molar refractivity (Wildman–Crippen MR) is 455 cm³/mol. The third kappa shape index (κ3) is 11.1. The van der Waals surface area contributed by atoms with Crippen molar-refractivity contribution < 1.29 is 17.8 Å². The van der Waals surface area contributed by atoms with Crippen molar-refractivity contribution in [2.24, 2.45) is 0 Å². The Morgan fingerprint density at radius 3 is 1.26 bits per heavy atom. The Morgan fingerprint density at radius 2 is 0.726 bits per heavy atom. The monoisotopic (exact) mass is 1380 g/mol. The fourth-order valence-electron chi connectivity index (χ4n) is 16.1. The topological polar surface area (TPSA) is 19.6 Å². The summed E-state index contributed by atoms with van der Waals surface area (Å²) in [6.07, 6.45) is 0. The van der Waals surface area contributed by atoms with Gasteiger partial charge in [-0.1, -0.05) is 271 Å². The van der Waals surface area contributed by atoms with Gasteiger partial charge in [0, 0.05) is 89.4 Å². The van der Waals surface area contributed by atoms with E-state index in [1.165, 1.54) is 21.3 Å². The molecule has 18 rings (SSSR count). The zero-order valence-electron chi connectivity index (χ0n) is 74.8. The number of benzene rings is 14. The first kappa shape index (κ1) is 53.0. The summed E-state index contributed by atoms with van der Waals surface area (Å²) in [7, 11) is 0. The number of fused-ring (bicyclic) bond motifs is 10. The number of rotatable bonds is 10. The Morgan fingerprint density at radius 1 is 0.292 bits per heavy atom. The lowest BCUT2D eigenvalue weighted by atomic mass is 9.33. The number of nitrogens with zero attached hydrogens (tertiary/aromatic N) is 5. The van der Waals surface area contributed by atoms with E-state index in [4.69, 9.17) is 6.85 Å². The molecule has 0 spiro atoms. The van der Waals surface area contributed by atoms with Crippen molar-refractivity contribution >= 4 is 118 Å². The Bertz CT molecular complexity index is 6710. The maximum absolute atomic E-state index is 9.92. The van der Waals surface area contributed by atoms with E-state index in [0.29, 0.717) is 11.4 Å². The van der Waals surface area contributed by atoms with E-state index in [9.17, 15) is 11.0 Å². The molecule has 0 saturated carbocycles. The van der Waals surface area contributed by atoms with Crippen molar-refractivity contribution in [2.45, 2.75) is 105 Å². The fourth-order valence-corrected chi connectivity index (χ4v) is 16.1. The second kappa shape index (κ2) is 24.9.